The number of hydrazine groups is 1. The van der Waals surface area contributed by atoms with Gasteiger partial charge in [0.05, 0.1) is 16.2 Å². The second kappa shape index (κ2) is 5.95. The van der Waals surface area contributed by atoms with Gasteiger partial charge < -0.3 is 0 Å². The Morgan fingerprint density at radius 2 is 2.00 bits per heavy atom. The van der Waals surface area contributed by atoms with Crippen LogP contribution >= 0.6 is 15.9 Å². The van der Waals surface area contributed by atoms with Crippen molar-refractivity contribution in [3.05, 3.63) is 62.9 Å². The van der Waals surface area contributed by atoms with Crippen LogP contribution in [-0.2, 0) is 0 Å². The van der Waals surface area contributed by atoms with Crippen LogP contribution in [0.4, 0.5) is 8.78 Å². The molecule has 0 aliphatic carbocycles. The van der Waals surface area contributed by atoms with E-state index in [0.29, 0.717) is 5.69 Å². The summed E-state index contributed by atoms with van der Waals surface area (Å²) in [5.41, 5.74) is 4.56. The summed E-state index contributed by atoms with van der Waals surface area (Å²) in [5.74, 6) is 4.14. The monoisotopic (exact) mass is 341 g/mol. The molecule has 6 heteroatoms. The van der Waals surface area contributed by atoms with Crippen LogP contribution in [0.5, 0.6) is 0 Å². The molecule has 0 amide bonds. The first-order chi connectivity index (χ1) is 9.45. The van der Waals surface area contributed by atoms with Crippen molar-refractivity contribution in [2.45, 2.75) is 19.9 Å². The first kappa shape index (κ1) is 15.0. The number of halogens is 3. The van der Waals surface area contributed by atoms with E-state index in [1.807, 2.05) is 19.9 Å². The molecule has 1 atom stereocenters. The zero-order chi connectivity index (χ0) is 14.9. The average Bonchev–Trinajstić information content (AvgIpc) is 2.40. The fraction of sp³-hybridized carbons (Fsp3) is 0.214. The van der Waals surface area contributed by atoms with Gasteiger partial charge in [-0.25, -0.2) is 14.2 Å². The molecule has 3 nitrogen and oxygen atoms in total. The molecule has 2 rings (SSSR count). The minimum Gasteiger partial charge on any atom is -0.271 e. The molecule has 106 valence electrons. The van der Waals surface area contributed by atoms with E-state index >= 15 is 0 Å². The van der Waals surface area contributed by atoms with Crippen LogP contribution < -0.4 is 11.3 Å². The Hall–Kier alpha value is -1.37. The molecule has 1 heterocycles. The van der Waals surface area contributed by atoms with Crippen LogP contribution in [0.1, 0.15) is 28.4 Å². The van der Waals surface area contributed by atoms with Crippen molar-refractivity contribution in [2.24, 2.45) is 5.84 Å². The van der Waals surface area contributed by atoms with Crippen molar-refractivity contribution in [3.63, 3.8) is 0 Å². The molecule has 0 bridgehead atoms. The highest BCUT2D eigenvalue weighted by molar-refractivity contribution is 9.10. The molecule has 0 radical (unpaired) electrons. The molecular formula is C14H14BrF2N3. The summed E-state index contributed by atoms with van der Waals surface area (Å²) in [6, 6.07) is 3.54. The summed E-state index contributed by atoms with van der Waals surface area (Å²) in [6.07, 6.45) is 1.64. The van der Waals surface area contributed by atoms with Crippen molar-refractivity contribution in [1.82, 2.24) is 10.4 Å². The summed E-state index contributed by atoms with van der Waals surface area (Å²) in [4.78, 5) is 4.25. The van der Waals surface area contributed by atoms with Gasteiger partial charge in [0.2, 0.25) is 0 Å². The van der Waals surface area contributed by atoms with Gasteiger partial charge in [-0.15, -0.1) is 0 Å². The van der Waals surface area contributed by atoms with Crippen LogP contribution in [0.2, 0.25) is 0 Å². The van der Waals surface area contributed by atoms with Gasteiger partial charge in [0.15, 0.2) is 0 Å². The Kier molecular flexibility index (Phi) is 4.47. The highest BCUT2D eigenvalue weighted by Gasteiger charge is 2.25. The summed E-state index contributed by atoms with van der Waals surface area (Å²) < 4.78 is 28.3. The lowest BCUT2D eigenvalue weighted by Gasteiger charge is -2.20. The molecule has 0 spiro atoms. The van der Waals surface area contributed by atoms with E-state index in [1.165, 1.54) is 12.1 Å². The van der Waals surface area contributed by atoms with Gasteiger partial charge in [-0.2, -0.15) is 0 Å². The molecular weight excluding hydrogens is 328 g/mol. The minimum absolute atomic E-state index is 0.152. The van der Waals surface area contributed by atoms with Crippen molar-refractivity contribution in [2.75, 3.05) is 0 Å². The number of aromatic nitrogens is 1. The normalized spacial score (nSPS) is 12.5. The zero-order valence-corrected chi connectivity index (χ0v) is 12.6. The first-order valence-corrected chi connectivity index (χ1v) is 6.77. The van der Waals surface area contributed by atoms with Crippen LogP contribution in [0, 0.1) is 25.5 Å². The molecule has 0 aliphatic heterocycles. The SMILES string of the molecule is Cc1cnc(C(NN)c2c(F)ccc(Br)c2F)c(C)c1. The summed E-state index contributed by atoms with van der Waals surface area (Å²) in [7, 11) is 0. The van der Waals surface area contributed by atoms with Crippen LogP contribution in [0.25, 0.3) is 0 Å². The Bertz CT molecular complexity index is 647. The largest absolute Gasteiger partial charge is 0.271 e. The maximum atomic E-state index is 14.2. The second-order valence-electron chi connectivity index (χ2n) is 4.57. The van der Waals surface area contributed by atoms with E-state index in [2.05, 4.69) is 26.3 Å². The number of pyridine rings is 1. The van der Waals surface area contributed by atoms with Crippen LogP contribution in [0.3, 0.4) is 0 Å². The van der Waals surface area contributed by atoms with E-state index in [4.69, 9.17) is 5.84 Å². The molecule has 0 saturated heterocycles. The Labute approximate surface area is 124 Å². The number of nitrogens with two attached hydrogens (primary N) is 1. The number of rotatable bonds is 3. The summed E-state index contributed by atoms with van der Waals surface area (Å²) in [6.45, 7) is 3.72. The second-order valence-corrected chi connectivity index (χ2v) is 5.43. The molecule has 1 aromatic carbocycles. The Morgan fingerprint density at radius 1 is 1.30 bits per heavy atom. The van der Waals surface area contributed by atoms with Gasteiger partial charge in [0.25, 0.3) is 0 Å². The third kappa shape index (κ3) is 2.72. The quantitative estimate of drug-likeness (QED) is 0.511. The topological polar surface area (TPSA) is 50.9 Å². The number of hydrogen-bond donors (Lipinski definition) is 2. The van der Waals surface area contributed by atoms with Gasteiger partial charge >= 0.3 is 0 Å². The lowest BCUT2D eigenvalue weighted by molar-refractivity contribution is 0.501. The van der Waals surface area contributed by atoms with E-state index in [0.717, 1.165) is 11.1 Å². The molecule has 0 fully saturated rings. The number of benzene rings is 1. The fourth-order valence-corrected chi connectivity index (χ4v) is 2.48. The van der Waals surface area contributed by atoms with Crippen LogP contribution in [0.15, 0.2) is 28.9 Å². The molecule has 0 aliphatic rings. The zero-order valence-electron chi connectivity index (χ0n) is 11.0. The number of nitrogens with one attached hydrogen (secondary N) is 1. The maximum absolute atomic E-state index is 14.2. The van der Waals surface area contributed by atoms with Gasteiger partial charge in [-0.1, -0.05) is 6.07 Å². The van der Waals surface area contributed by atoms with Crippen molar-refractivity contribution < 1.29 is 8.78 Å². The van der Waals surface area contributed by atoms with E-state index < -0.39 is 17.7 Å². The lowest BCUT2D eigenvalue weighted by Crippen LogP contribution is -2.31. The molecule has 3 N–H and O–H groups in total. The van der Waals surface area contributed by atoms with E-state index in [1.54, 1.807) is 6.20 Å². The van der Waals surface area contributed by atoms with Crippen LogP contribution in [-0.4, -0.2) is 4.98 Å². The van der Waals surface area contributed by atoms with Gasteiger partial charge in [0.1, 0.15) is 11.6 Å². The molecule has 2 aromatic rings. The number of hydrogen-bond acceptors (Lipinski definition) is 3. The first-order valence-electron chi connectivity index (χ1n) is 5.98. The molecule has 1 unspecified atom stereocenters. The Morgan fingerprint density at radius 3 is 2.60 bits per heavy atom. The Balaban J connectivity index is 2.61. The predicted molar refractivity (Wildman–Crippen MR) is 76.9 cm³/mol. The van der Waals surface area contributed by atoms with Crippen molar-refractivity contribution in [3.8, 4) is 0 Å². The maximum Gasteiger partial charge on any atom is 0.145 e. The predicted octanol–water partition coefficient (Wildman–Crippen LogP) is 3.29. The third-order valence-electron chi connectivity index (χ3n) is 3.06. The molecule has 1 aromatic heterocycles. The van der Waals surface area contributed by atoms with Gasteiger partial charge in [-0.3, -0.25) is 10.8 Å². The highest BCUT2D eigenvalue weighted by atomic mass is 79.9. The minimum atomic E-state index is -0.854. The standard InChI is InChI=1S/C14H14BrF2N3/c1-7-5-8(2)13(19-6-7)14(20-18)11-10(16)4-3-9(15)12(11)17/h3-6,14,20H,18H2,1-2H3. The highest BCUT2D eigenvalue weighted by Crippen LogP contribution is 2.30. The fourth-order valence-electron chi connectivity index (χ4n) is 2.13. The van der Waals surface area contributed by atoms with Crippen molar-refractivity contribution in [1.29, 1.82) is 0 Å². The summed E-state index contributed by atoms with van der Waals surface area (Å²) in [5, 5.41) is 0. The lowest BCUT2D eigenvalue weighted by atomic mass is 9.98. The average molecular weight is 342 g/mol. The van der Waals surface area contributed by atoms with Gasteiger partial charge in [0, 0.05) is 11.8 Å². The smallest absolute Gasteiger partial charge is 0.145 e. The van der Waals surface area contributed by atoms with Gasteiger partial charge in [-0.05, 0) is 53.0 Å². The molecule has 0 saturated carbocycles. The number of nitrogens with zero attached hydrogens (tertiary/aromatic N) is 1. The van der Waals surface area contributed by atoms with Crippen molar-refractivity contribution >= 4 is 15.9 Å². The third-order valence-corrected chi connectivity index (χ3v) is 3.68. The van der Waals surface area contributed by atoms with E-state index in [9.17, 15) is 8.78 Å². The molecule has 20 heavy (non-hydrogen) atoms. The van der Waals surface area contributed by atoms with E-state index in [-0.39, 0.29) is 10.0 Å². The summed E-state index contributed by atoms with van der Waals surface area (Å²) >= 11 is 3.05. The number of aryl methyl sites for hydroxylation is 2.